The summed E-state index contributed by atoms with van der Waals surface area (Å²) in [6.07, 6.45) is 17.3. The highest BCUT2D eigenvalue weighted by molar-refractivity contribution is 5.85. The lowest BCUT2D eigenvalue weighted by atomic mass is 9.84. The van der Waals surface area contributed by atoms with E-state index in [4.69, 9.17) is 18.5 Å². The van der Waals surface area contributed by atoms with Crippen molar-refractivity contribution in [2.75, 3.05) is 0 Å². The highest BCUT2D eigenvalue weighted by atomic mass is 19.3. The molecule has 4 saturated carbocycles. The van der Waals surface area contributed by atoms with Crippen molar-refractivity contribution in [1.29, 1.82) is 0 Å². The first kappa shape index (κ1) is 44.0. The molecule has 0 aromatic carbocycles. The topological polar surface area (TPSA) is 195 Å². The quantitative estimate of drug-likeness (QED) is 0.0968. The van der Waals surface area contributed by atoms with Gasteiger partial charge in [0.15, 0.2) is 0 Å². The van der Waals surface area contributed by atoms with Crippen LogP contribution in [0.25, 0.3) is 22.2 Å². The van der Waals surface area contributed by atoms with Crippen molar-refractivity contribution in [3.8, 4) is 12.0 Å². The van der Waals surface area contributed by atoms with Crippen LogP contribution in [0.4, 0.5) is 13.2 Å². The van der Waals surface area contributed by atoms with Gasteiger partial charge in [-0.25, -0.2) is 22.8 Å². The maximum atomic E-state index is 13.9. The average Bonchev–Trinajstić information content (AvgIpc) is 4.05. The van der Waals surface area contributed by atoms with Crippen molar-refractivity contribution >= 4 is 33.6 Å². The van der Waals surface area contributed by atoms with E-state index in [0.717, 1.165) is 37.8 Å². The van der Waals surface area contributed by atoms with Crippen molar-refractivity contribution in [3.05, 3.63) is 64.8 Å². The lowest BCUT2D eigenvalue weighted by Crippen LogP contribution is -2.29. The van der Waals surface area contributed by atoms with Gasteiger partial charge in [-0.3, -0.25) is 19.6 Å². The van der Waals surface area contributed by atoms with Gasteiger partial charge in [0.1, 0.15) is 16.4 Å². The van der Waals surface area contributed by atoms with Gasteiger partial charge >= 0.3 is 23.3 Å². The van der Waals surface area contributed by atoms with Crippen molar-refractivity contribution in [3.63, 3.8) is 0 Å². The standard InChI is InChI=1S/C22H27F2N3O4.C22H28FN3O4/c1-22(23,24)15-8-10-16(11-9-15)27-31-21-25-19(29)18-14(5-3-2-4-13-6-7-13)12-17(28)30-20(18)26-21;1-22(23)11-9-16(10-12-22)26-30-21-24-19(28)18-15(13-17(27)29-20(18)25-21)8-7-14-5-3-2-4-6-14/h12-13,15H,2-11H2,1H3,(H,25,26,29);13-14H,2-12H2,1H3,(H,24,25,28). The fraction of sp³-hybridized carbons (Fsp3) is 0.636. The van der Waals surface area contributed by atoms with E-state index in [1.54, 1.807) is 6.92 Å². The number of H-pyrrole nitrogens is 2. The van der Waals surface area contributed by atoms with Gasteiger partial charge in [0.05, 0.1) is 11.4 Å². The van der Waals surface area contributed by atoms with Gasteiger partial charge in [-0.15, -0.1) is 0 Å². The Morgan fingerprint density at radius 2 is 1.23 bits per heavy atom. The summed E-state index contributed by atoms with van der Waals surface area (Å²) in [5.41, 5.74) is -0.660. The van der Waals surface area contributed by atoms with E-state index in [1.165, 1.54) is 63.5 Å². The van der Waals surface area contributed by atoms with Crippen molar-refractivity contribution in [2.45, 2.75) is 160 Å². The number of halogens is 3. The highest BCUT2D eigenvalue weighted by Crippen LogP contribution is 2.36. The summed E-state index contributed by atoms with van der Waals surface area (Å²) >= 11 is 0. The minimum atomic E-state index is -2.70. The van der Waals surface area contributed by atoms with Crippen LogP contribution in [0.15, 0.2) is 50.5 Å². The second kappa shape index (κ2) is 19.3. The normalized spacial score (nSPS) is 21.2. The van der Waals surface area contributed by atoms with Gasteiger partial charge in [-0.05, 0) is 114 Å². The van der Waals surface area contributed by atoms with E-state index < -0.39 is 39.9 Å². The van der Waals surface area contributed by atoms with Crippen molar-refractivity contribution in [1.82, 2.24) is 19.9 Å². The second-order valence-electron chi connectivity index (χ2n) is 17.7. The third kappa shape index (κ3) is 12.3. The summed E-state index contributed by atoms with van der Waals surface area (Å²) in [5, 5.41) is 8.51. The van der Waals surface area contributed by atoms with Crippen LogP contribution in [0.5, 0.6) is 12.0 Å². The molecule has 4 aliphatic carbocycles. The Kier molecular flexibility index (Phi) is 13.9. The van der Waals surface area contributed by atoms with Crippen LogP contribution in [0.2, 0.25) is 0 Å². The molecule has 2 N–H and O–H groups in total. The van der Waals surface area contributed by atoms with E-state index in [0.29, 0.717) is 87.0 Å². The Morgan fingerprint density at radius 1 is 0.721 bits per heavy atom. The maximum absolute atomic E-state index is 13.9. The van der Waals surface area contributed by atoms with Crippen LogP contribution < -0.4 is 32.0 Å². The highest BCUT2D eigenvalue weighted by Gasteiger charge is 2.36. The number of nitrogens with one attached hydrogen (secondary N) is 2. The number of alkyl halides is 3. The average molecular weight is 853 g/mol. The van der Waals surface area contributed by atoms with Gasteiger partial charge in [-0.2, -0.15) is 9.97 Å². The number of hydrogen-bond donors (Lipinski definition) is 2. The van der Waals surface area contributed by atoms with Crippen LogP contribution in [0.3, 0.4) is 0 Å². The molecule has 0 saturated heterocycles. The molecular weight excluding hydrogens is 798 g/mol. The van der Waals surface area contributed by atoms with Crippen LogP contribution in [0, 0.1) is 17.8 Å². The predicted octanol–water partition coefficient (Wildman–Crippen LogP) is 9.01. The molecule has 0 bridgehead atoms. The molecular formula is C44H55F3N6O8. The zero-order chi connectivity index (χ0) is 43.1. The minimum Gasteiger partial charge on any atom is -0.403 e. The molecule has 4 aromatic heterocycles. The summed E-state index contributed by atoms with van der Waals surface area (Å²) in [5.74, 6) is -1.89. The van der Waals surface area contributed by atoms with Gasteiger partial charge in [0, 0.05) is 18.1 Å². The molecule has 4 aliphatic rings. The second-order valence-corrected chi connectivity index (χ2v) is 17.7. The lowest BCUT2D eigenvalue weighted by Gasteiger charge is -2.27. The SMILES string of the molecule is CC(F)(F)C1CCC(=NOc2nc3oc(=O)cc(CCCCC4CC4)c3c(=O)[nH]2)CC1.CC1(F)CCC(=NOc2nc3oc(=O)cc(CCC4CCCCC4)c3c(=O)[nH]2)CC1. The monoisotopic (exact) mass is 852 g/mol. The molecule has 0 radical (unpaired) electrons. The molecule has 17 heteroatoms. The third-order valence-electron chi connectivity index (χ3n) is 12.6. The molecule has 14 nitrogen and oxygen atoms in total. The van der Waals surface area contributed by atoms with Crippen molar-refractivity contribution < 1.29 is 31.7 Å². The molecule has 0 spiro atoms. The molecule has 4 aromatic rings. The maximum Gasteiger partial charge on any atom is 0.337 e. The van der Waals surface area contributed by atoms with Gasteiger partial charge in [0.2, 0.25) is 17.3 Å². The summed E-state index contributed by atoms with van der Waals surface area (Å²) < 4.78 is 51.0. The van der Waals surface area contributed by atoms with Crippen LogP contribution in [-0.4, -0.2) is 43.0 Å². The summed E-state index contributed by atoms with van der Waals surface area (Å²) in [6.45, 7) is 2.52. The fourth-order valence-electron chi connectivity index (χ4n) is 8.65. The molecule has 0 amide bonds. The number of aromatic nitrogens is 4. The van der Waals surface area contributed by atoms with Gasteiger partial charge in [0.25, 0.3) is 11.1 Å². The Bertz CT molecular complexity index is 2450. The molecule has 4 fully saturated rings. The summed E-state index contributed by atoms with van der Waals surface area (Å²) in [4.78, 5) is 73.1. The molecule has 4 heterocycles. The summed E-state index contributed by atoms with van der Waals surface area (Å²) in [7, 11) is 0. The number of rotatable bonds is 13. The van der Waals surface area contributed by atoms with E-state index >= 15 is 0 Å². The summed E-state index contributed by atoms with van der Waals surface area (Å²) in [6, 6.07) is 2.40. The molecule has 61 heavy (non-hydrogen) atoms. The minimum absolute atomic E-state index is 0.0416. The Labute approximate surface area is 349 Å². The largest absolute Gasteiger partial charge is 0.403 e. The predicted molar refractivity (Wildman–Crippen MR) is 224 cm³/mol. The zero-order valence-corrected chi connectivity index (χ0v) is 34.9. The van der Waals surface area contributed by atoms with Crippen LogP contribution in [0.1, 0.15) is 147 Å². The van der Waals surface area contributed by atoms with E-state index in [2.05, 4.69) is 30.2 Å². The first-order valence-corrected chi connectivity index (χ1v) is 21.9. The number of unbranched alkanes of at least 4 members (excludes halogenated alkanes) is 1. The third-order valence-corrected chi connectivity index (χ3v) is 12.6. The van der Waals surface area contributed by atoms with E-state index in [1.807, 2.05) is 0 Å². The number of hydrogen-bond acceptors (Lipinski definition) is 12. The Balaban J connectivity index is 0.000000184. The Morgan fingerprint density at radius 3 is 1.75 bits per heavy atom. The molecule has 0 atom stereocenters. The molecule has 0 unspecified atom stereocenters. The first-order chi connectivity index (χ1) is 29.2. The number of nitrogens with zero attached hydrogens (tertiary/aromatic N) is 4. The number of aromatic amines is 2. The Hall–Kier alpha value is -5.09. The molecule has 330 valence electrons. The molecule has 8 rings (SSSR count). The number of fused-ring (bicyclic) bond motifs is 2. The zero-order valence-electron chi connectivity index (χ0n) is 34.9. The van der Waals surface area contributed by atoms with E-state index in [9.17, 15) is 32.3 Å². The number of oxime groups is 2. The smallest absolute Gasteiger partial charge is 0.337 e. The molecule has 0 aliphatic heterocycles. The van der Waals surface area contributed by atoms with Gasteiger partial charge < -0.3 is 18.5 Å². The van der Waals surface area contributed by atoms with Crippen molar-refractivity contribution in [2.24, 2.45) is 28.1 Å². The van der Waals surface area contributed by atoms with Gasteiger partial charge in [-0.1, -0.05) is 68.1 Å². The fourth-order valence-corrected chi connectivity index (χ4v) is 8.65. The van der Waals surface area contributed by atoms with E-state index in [-0.39, 0.29) is 34.2 Å². The number of aryl methyl sites for hydroxylation is 2. The van der Waals surface area contributed by atoms with Crippen LogP contribution in [-0.2, 0) is 12.8 Å². The first-order valence-electron chi connectivity index (χ1n) is 21.9. The lowest BCUT2D eigenvalue weighted by molar-refractivity contribution is -0.0468. The van der Waals surface area contributed by atoms with Crippen LogP contribution >= 0.6 is 0 Å².